The first kappa shape index (κ1) is 23.3. The number of fused-ring (bicyclic) bond motifs is 1. The largest absolute Gasteiger partial charge is 0.384 e. The molecule has 1 aliphatic heterocycles. The lowest BCUT2D eigenvalue weighted by Gasteiger charge is -2.48. The van der Waals surface area contributed by atoms with Gasteiger partial charge >= 0.3 is 0 Å². The lowest BCUT2D eigenvalue weighted by Crippen LogP contribution is -2.57. The number of amides is 1. The number of aryl methyl sites for hydroxylation is 1. The highest BCUT2D eigenvalue weighted by Gasteiger charge is 2.48. The number of likely N-dealkylation sites (N-methyl/N-ethyl adjacent to an activating group) is 1. The number of likely N-dealkylation sites (tertiary alicyclic amines) is 1. The molecule has 0 spiro atoms. The highest BCUT2D eigenvalue weighted by Crippen LogP contribution is 2.45. The van der Waals surface area contributed by atoms with Crippen molar-refractivity contribution in [1.29, 1.82) is 0 Å². The zero-order valence-electron chi connectivity index (χ0n) is 19.6. The van der Waals surface area contributed by atoms with Gasteiger partial charge in [0.1, 0.15) is 17.1 Å². The van der Waals surface area contributed by atoms with Gasteiger partial charge in [-0.15, -0.1) is 0 Å². The van der Waals surface area contributed by atoms with Crippen LogP contribution in [0.25, 0.3) is 22.2 Å². The Balaban J connectivity index is 1.73. The summed E-state index contributed by atoms with van der Waals surface area (Å²) < 4.78 is 30.0. The molecule has 0 aliphatic carbocycles. The fourth-order valence-electron chi connectivity index (χ4n) is 5.23. The highest BCUT2D eigenvalue weighted by atomic mass is 19.1. The van der Waals surface area contributed by atoms with Gasteiger partial charge < -0.3 is 19.9 Å². The van der Waals surface area contributed by atoms with E-state index in [1.807, 2.05) is 32.8 Å². The number of aliphatic hydroxyl groups is 1. The van der Waals surface area contributed by atoms with Crippen molar-refractivity contribution in [3.8, 4) is 11.1 Å². The molecule has 1 unspecified atom stereocenters. The van der Waals surface area contributed by atoms with Gasteiger partial charge in [-0.25, -0.2) is 13.8 Å². The summed E-state index contributed by atoms with van der Waals surface area (Å²) in [5, 5.41) is 12.1. The van der Waals surface area contributed by atoms with Crippen molar-refractivity contribution in [1.82, 2.24) is 19.8 Å². The van der Waals surface area contributed by atoms with E-state index in [4.69, 9.17) is 0 Å². The van der Waals surface area contributed by atoms with Crippen LogP contribution in [0.1, 0.15) is 25.0 Å². The molecule has 6 nitrogen and oxygen atoms in total. The average molecular weight is 457 g/mol. The van der Waals surface area contributed by atoms with Gasteiger partial charge in [0.2, 0.25) is 5.91 Å². The lowest BCUT2D eigenvalue weighted by atomic mass is 9.69. The SMILES string of the molecule is Cc1cc(-c2ccnc3[nH]cc(F)c23)cc(F)c1C1(O)[C@H](C)CN(C(=O)CN(C)C)C[C@@H]1C. The first-order chi connectivity index (χ1) is 15.5. The molecular weight excluding hydrogens is 426 g/mol. The van der Waals surface area contributed by atoms with Crippen LogP contribution in [0.2, 0.25) is 0 Å². The van der Waals surface area contributed by atoms with E-state index < -0.39 is 17.2 Å². The van der Waals surface area contributed by atoms with E-state index in [9.17, 15) is 14.3 Å². The maximum Gasteiger partial charge on any atom is 0.236 e. The normalized spacial score (nSPS) is 23.5. The Morgan fingerprint density at radius 3 is 2.52 bits per heavy atom. The molecule has 0 radical (unpaired) electrons. The zero-order valence-corrected chi connectivity index (χ0v) is 19.6. The van der Waals surface area contributed by atoms with Crippen LogP contribution in [0, 0.1) is 30.4 Å². The quantitative estimate of drug-likeness (QED) is 0.628. The maximum absolute atomic E-state index is 15.7. The second-order valence-electron chi connectivity index (χ2n) is 9.53. The molecule has 2 aromatic heterocycles. The van der Waals surface area contributed by atoms with Gasteiger partial charge in [0.15, 0.2) is 5.82 Å². The van der Waals surface area contributed by atoms with E-state index >= 15 is 4.39 Å². The van der Waals surface area contributed by atoms with E-state index in [2.05, 4.69) is 9.97 Å². The number of H-pyrrole nitrogens is 1. The molecule has 1 saturated heterocycles. The number of pyridine rings is 1. The number of piperidine rings is 1. The number of aromatic amines is 1. The number of carbonyl (C=O) groups is 1. The highest BCUT2D eigenvalue weighted by molar-refractivity contribution is 5.93. The van der Waals surface area contributed by atoms with Crippen molar-refractivity contribution in [3.05, 3.63) is 53.4 Å². The Labute approximate surface area is 192 Å². The third kappa shape index (κ3) is 3.91. The average Bonchev–Trinajstić information content (AvgIpc) is 3.12. The van der Waals surface area contributed by atoms with Crippen molar-refractivity contribution in [2.45, 2.75) is 26.4 Å². The van der Waals surface area contributed by atoms with Crippen LogP contribution in [0.5, 0.6) is 0 Å². The Bertz CT molecular complexity index is 1170. The van der Waals surface area contributed by atoms with E-state index in [0.29, 0.717) is 40.8 Å². The van der Waals surface area contributed by atoms with Crippen LogP contribution in [-0.4, -0.2) is 64.5 Å². The third-order valence-electron chi connectivity index (χ3n) is 6.82. The molecule has 4 rings (SSSR count). The molecule has 1 amide bonds. The molecule has 8 heteroatoms. The number of nitrogens with one attached hydrogen (secondary N) is 1. The monoisotopic (exact) mass is 456 g/mol. The predicted molar refractivity (Wildman–Crippen MR) is 124 cm³/mol. The first-order valence-corrected chi connectivity index (χ1v) is 11.1. The van der Waals surface area contributed by atoms with Gasteiger partial charge in [-0.2, -0.15) is 0 Å². The molecule has 1 aliphatic rings. The van der Waals surface area contributed by atoms with Crippen molar-refractivity contribution in [2.75, 3.05) is 33.7 Å². The van der Waals surface area contributed by atoms with Crippen LogP contribution in [0.4, 0.5) is 8.78 Å². The van der Waals surface area contributed by atoms with Gasteiger partial charge in [-0.3, -0.25) is 4.79 Å². The summed E-state index contributed by atoms with van der Waals surface area (Å²) >= 11 is 0. The Morgan fingerprint density at radius 1 is 1.24 bits per heavy atom. The fraction of sp³-hybridized carbons (Fsp3) is 0.440. The minimum atomic E-state index is -1.44. The van der Waals surface area contributed by atoms with Gasteiger partial charge in [-0.05, 0) is 49.8 Å². The van der Waals surface area contributed by atoms with Crippen molar-refractivity contribution >= 4 is 16.9 Å². The second-order valence-corrected chi connectivity index (χ2v) is 9.53. The standard InChI is InChI=1S/C25H30F2N4O2/c1-14-8-17(18-6-7-28-24-22(18)20(27)10-29-24)9-19(26)23(14)25(33)15(2)11-31(12-16(25)3)21(32)13-30(4)5/h6-10,15-16,33H,11-13H2,1-5H3,(H,28,29)/t15-,16+,25?. The maximum atomic E-state index is 15.7. The molecule has 0 saturated carbocycles. The Morgan fingerprint density at radius 2 is 1.91 bits per heavy atom. The van der Waals surface area contributed by atoms with Gasteiger partial charge in [-0.1, -0.05) is 19.9 Å². The number of hydrogen-bond acceptors (Lipinski definition) is 4. The molecule has 2 N–H and O–H groups in total. The van der Waals surface area contributed by atoms with Crippen molar-refractivity contribution in [2.24, 2.45) is 11.8 Å². The predicted octanol–water partition coefficient (Wildman–Crippen LogP) is 3.68. The van der Waals surface area contributed by atoms with E-state index in [0.717, 1.165) is 0 Å². The molecule has 3 heterocycles. The lowest BCUT2D eigenvalue weighted by molar-refractivity contribution is -0.150. The number of hydrogen-bond donors (Lipinski definition) is 2. The number of benzene rings is 1. The topological polar surface area (TPSA) is 72.5 Å². The summed E-state index contributed by atoms with van der Waals surface area (Å²) in [4.78, 5) is 23.0. The molecule has 1 fully saturated rings. The minimum Gasteiger partial charge on any atom is -0.384 e. The van der Waals surface area contributed by atoms with E-state index in [1.54, 1.807) is 30.2 Å². The Kier molecular flexibility index (Phi) is 6.01. The van der Waals surface area contributed by atoms with Crippen molar-refractivity contribution < 1.29 is 18.7 Å². The summed E-state index contributed by atoms with van der Waals surface area (Å²) in [6.45, 7) is 6.42. The number of halogens is 2. The summed E-state index contributed by atoms with van der Waals surface area (Å²) in [7, 11) is 3.67. The molecule has 176 valence electrons. The molecule has 1 aromatic carbocycles. The van der Waals surface area contributed by atoms with Gasteiger partial charge in [0.25, 0.3) is 0 Å². The fourth-order valence-corrected chi connectivity index (χ4v) is 5.23. The van der Waals surface area contributed by atoms with Crippen LogP contribution in [0.3, 0.4) is 0 Å². The molecule has 0 bridgehead atoms. The minimum absolute atomic E-state index is 0.0106. The van der Waals surface area contributed by atoms with Crippen LogP contribution < -0.4 is 0 Å². The Hall–Kier alpha value is -2.84. The summed E-state index contributed by atoms with van der Waals surface area (Å²) in [6.07, 6.45) is 2.78. The summed E-state index contributed by atoms with van der Waals surface area (Å²) in [5.74, 6) is -1.75. The molecule has 33 heavy (non-hydrogen) atoms. The van der Waals surface area contributed by atoms with Crippen molar-refractivity contribution in [3.63, 3.8) is 0 Å². The first-order valence-electron chi connectivity index (χ1n) is 11.1. The number of aromatic nitrogens is 2. The van der Waals surface area contributed by atoms with E-state index in [1.165, 1.54) is 12.3 Å². The molecule has 3 aromatic rings. The summed E-state index contributed by atoms with van der Waals surface area (Å²) in [6, 6.07) is 4.78. The van der Waals surface area contributed by atoms with Crippen LogP contribution in [0.15, 0.2) is 30.6 Å². The number of carbonyl (C=O) groups excluding carboxylic acids is 1. The number of rotatable bonds is 4. The van der Waals surface area contributed by atoms with Crippen LogP contribution in [-0.2, 0) is 10.4 Å². The third-order valence-corrected chi connectivity index (χ3v) is 6.82. The second kappa shape index (κ2) is 8.50. The van der Waals surface area contributed by atoms with Gasteiger partial charge in [0, 0.05) is 42.9 Å². The zero-order chi connectivity index (χ0) is 24.1. The molecular formula is C25H30F2N4O2. The smallest absolute Gasteiger partial charge is 0.236 e. The van der Waals surface area contributed by atoms with Gasteiger partial charge in [0.05, 0.1) is 11.9 Å². The summed E-state index contributed by atoms with van der Waals surface area (Å²) in [5.41, 5.74) is 0.828. The van der Waals surface area contributed by atoms with E-state index in [-0.39, 0.29) is 29.9 Å². The molecule has 3 atom stereocenters. The van der Waals surface area contributed by atoms with Crippen LogP contribution >= 0.6 is 0 Å². The number of nitrogens with zero attached hydrogens (tertiary/aromatic N) is 3.